The minimum absolute atomic E-state index is 0.0480. The molecule has 2 heterocycles. The lowest BCUT2D eigenvalue weighted by Crippen LogP contribution is -2.45. The summed E-state index contributed by atoms with van der Waals surface area (Å²) in [5.41, 5.74) is 5.68. The maximum absolute atomic E-state index is 12.4. The third kappa shape index (κ3) is 3.18. The Bertz CT molecular complexity index is 461. The van der Waals surface area contributed by atoms with E-state index < -0.39 is 0 Å². The molecule has 1 aromatic rings. The quantitative estimate of drug-likeness (QED) is 0.893. The maximum Gasteiger partial charge on any atom is 0.227 e. The van der Waals surface area contributed by atoms with Gasteiger partial charge in [-0.1, -0.05) is 0 Å². The predicted octanol–water partition coefficient (Wildman–Crippen LogP) is 1.14. The van der Waals surface area contributed by atoms with Crippen molar-refractivity contribution in [3.63, 3.8) is 0 Å². The summed E-state index contributed by atoms with van der Waals surface area (Å²) in [7, 11) is 0. The number of amides is 1. The van der Waals surface area contributed by atoms with Gasteiger partial charge in [0.2, 0.25) is 5.91 Å². The molecule has 1 fully saturated rings. The smallest absolute Gasteiger partial charge is 0.227 e. The van der Waals surface area contributed by atoms with Crippen LogP contribution in [0.1, 0.15) is 26.7 Å². The van der Waals surface area contributed by atoms with E-state index in [1.165, 1.54) is 6.20 Å². The van der Waals surface area contributed by atoms with Gasteiger partial charge >= 0.3 is 0 Å². The van der Waals surface area contributed by atoms with Gasteiger partial charge in [-0.05, 0) is 26.7 Å². The van der Waals surface area contributed by atoms with E-state index in [1.807, 2.05) is 18.7 Å². The summed E-state index contributed by atoms with van der Waals surface area (Å²) in [5.74, 6) is 1.48. The van der Waals surface area contributed by atoms with E-state index in [-0.39, 0.29) is 11.8 Å². The zero-order valence-electron chi connectivity index (χ0n) is 12.2. The number of aromatic nitrogens is 2. The first-order valence-corrected chi connectivity index (χ1v) is 7.27. The van der Waals surface area contributed by atoms with Gasteiger partial charge in [0.25, 0.3) is 0 Å². The number of nitrogens with zero attached hydrogens (tertiary/aromatic N) is 4. The highest BCUT2D eigenvalue weighted by Gasteiger charge is 2.28. The first-order valence-electron chi connectivity index (χ1n) is 7.27. The molecule has 0 aliphatic carbocycles. The molecule has 110 valence electrons. The lowest BCUT2D eigenvalue weighted by atomic mass is 9.96. The summed E-state index contributed by atoms with van der Waals surface area (Å²) in [6.07, 6.45) is 5.18. The Morgan fingerprint density at radius 2 is 2.20 bits per heavy atom. The van der Waals surface area contributed by atoms with Gasteiger partial charge in [-0.3, -0.25) is 9.78 Å². The molecular formula is C14H23N5O. The Morgan fingerprint density at radius 3 is 2.85 bits per heavy atom. The van der Waals surface area contributed by atoms with Gasteiger partial charge in [-0.2, -0.15) is 0 Å². The first kappa shape index (κ1) is 14.6. The molecule has 1 amide bonds. The van der Waals surface area contributed by atoms with E-state index >= 15 is 0 Å². The van der Waals surface area contributed by atoms with Gasteiger partial charge < -0.3 is 15.5 Å². The molecule has 0 spiro atoms. The van der Waals surface area contributed by atoms with Crippen LogP contribution in [-0.4, -0.2) is 47.0 Å². The summed E-state index contributed by atoms with van der Waals surface area (Å²) in [6.45, 7) is 7.18. The number of hydrogen-bond donors (Lipinski definition) is 1. The highest BCUT2D eigenvalue weighted by atomic mass is 16.2. The number of hydrogen-bond acceptors (Lipinski definition) is 5. The Balaban J connectivity index is 2.07. The molecule has 6 heteroatoms. The minimum atomic E-state index is 0.0480. The third-order valence-corrected chi connectivity index (χ3v) is 3.81. The standard InChI is InChI=1S/C14H23N5O/c1-3-18(4-2)14(20)11-6-5-7-19(10-11)13-9-16-8-12(15)17-13/h8-9,11H,3-7,10H2,1-2H3,(H2,15,17). The SMILES string of the molecule is CCN(CC)C(=O)C1CCCN(c2cncc(N)n2)C1. The number of carbonyl (C=O) groups excluding carboxylic acids is 1. The van der Waals surface area contributed by atoms with Crippen molar-refractivity contribution in [1.29, 1.82) is 0 Å². The van der Waals surface area contributed by atoms with Crippen LogP contribution in [0.15, 0.2) is 12.4 Å². The summed E-state index contributed by atoms with van der Waals surface area (Å²) >= 11 is 0. The maximum atomic E-state index is 12.4. The number of piperidine rings is 1. The second kappa shape index (κ2) is 6.54. The fraction of sp³-hybridized carbons (Fsp3) is 0.643. The Kier molecular flexibility index (Phi) is 4.76. The largest absolute Gasteiger partial charge is 0.382 e. The fourth-order valence-electron chi connectivity index (χ4n) is 2.70. The number of rotatable bonds is 4. The van der Waals surface area contributed by atoms with Crippen LogP contribution in [0.4, 0.5) is 11.6 Å². The molecule has 0 radical (unpaired) electrons. The van der Waals surface area contributed by atoms with Crippen molar-refractivity contribution in [3.05, 3.63) is 12.4 Å². The molecule has 1 aliphatic rings. The molecule has 2 N–H and O–H groups in total. The van der Waals surface area contributed by atoms with Gasteiger partial charge in [0.05, 0.1) is 18.3 Å². The van der Waals surface area contributed by atoms with E-state index in [2.05, 4.69) is 14.9 Å². The Hall–Kier alpha value is -1.85. The van der Waals surface area contributed by atoms with Crippen LogP contribution in [-0.2, 0) is 4.79 Å². The van der Waals surface area contributed by atoms with Gasteiger partial charge in [-0.15, -0.1) is 0 Å². The van der Waals surface area contributed by atoms with Crippen molar-refractivity contribution in [2.45, 2.75) is 26.7 Å². The monoisotopic (exact) mass is 277 g/mol. The molecule has 0 saturated carbocycles. The second-order valence-corrected chi connectivity index (χ2v) is 5.10. The van der Waals surface area contributed by atoms with Crippen LogP contribution >= 0.6 is 0 Å². The zero-order chi connectivity index (χ0) is 14.5. The van der Waals surface area contributed by atoms with Crippen LogP contribution in [0, 0.1) is 5.92 Å². The van der Waals surface area contributed by atoms with Crippen molar-refractivity contribution in [2.75, 3.05) is 36.8 Å². The number of nitrogen functional groups attached to an aromatic ring is 1. The lowest BCUT2D eigenvalue weighted by Gasteiger charge is -2.35. The third-order valence-electron chi connectivity index (χ3n) is 3.81. The number of anilines is 2. The van der Waals surface area contributed by atoms with Crippen LogP contribution in [0.5, 0.6) is 0 Å². The molecule has 0 bridgehead atoms. The van der Waals surface area contributed by atoms with Gasteiger partial charge in [0.15, 0.2) is 0 Å². The summed E-state index contributed by atoms with van der Waals surface area (Å²) in [6, 6.07) is 0. The van der Waals surface area contributed by atoms with E-state index in [1.54, 1.807) is 6.20 Å². The summed E-state index contributed by atoms with van der Waals surface area (Å²) in [5, 5.41) is 0. The minimum Gasteiger partial charge on any atom is -0.382 e. The average molecular weight is 277 g/mol. The molecule has 20 heavy (non-hydrogen) atoms. The van der Waals surface area contributed by atoms with Gasteiger partial charge in [-0.25, -0.2) is 4.98 Å². The number of carbonyl (C=O) groups is 1. The normalized spacial score (nSPS) is 18.9. The van der Waals surface area contributed by atoms with Gasteiger partial charge in [0.1, 0.15) is 11.6 Å². The van der Waals surface area contributed by atoms with E-state index in [4.69, 9.17) is 5.73 Å². The van der Waals surface area contributed by atoms with Crippen molar-refractivity contribution < 1.29 is 4.79 Å². The predicted molar refractivity (Wildman–Crippen MR) is 79.3 cm³/mol. The molecule has 1 aliphatic heterocycles. The molecule has 1 aromatic heterocycles. The molecule has 1 atom stereocenters. The highest BCUT2D eigenvalue weighted by Crippen LogP contribution is 2.23. The van der Waals surface area contributed by atoms with Crippen molar-refractivity contribution >= 4 is 17.5 Å². The molecule has 6 nitrogen and oxygen atoms in total. The van der Waals surface area contributed by atoms with E-state index in [0.29, 0.717) is 12.4 Å². The van der Waals surface area contributed by atoms with Crippen LogP contribution in [0.25, 0.3) is 0 Å². The lowest BCUT2D eigenvalue weighted by molar-refractivity contribution is -0.135. The Morgan fingerprint density at radius 1 is 1.45 bits per heavy atom. The molecule has 0 aromatic carbocycles. The summed E-state index contributed by atoms with van der Waals surface area (Å²) < 4.78 is 0. The molecule has 2 rings (SSSR count). The van der Waals surface area contributed by atoms with Gasteiger partial charge in [0, 0.05) is 26.2 Å². The van der Waals surface area contributed by atoms with Crippen LogP contribution < -0.4 is 10.6 Å². The summed E-state index contributed by atoms with van der Waals surface area (Å²) in [4.78, 5) is 24.8. The van der Waals surface area contributed by atoms with Crippen LogP contribution in [0.2, 0.25) is 0 Å². The highest BCUT2D eigenvalue weighted by molar-refractivity contribution is 5.79. The van der Waals surface area contributed by atoms with Crippen molar-refractivity contribution in [2.24, 2.45) is 5.92 Å². The topological polar surface area (TPSA) is 75.4 Å². The zero-order valence-corrected chi connectivity index (χ0v) is 12.2. The first-order chi connectivity index (χ1) is 9.65. The molecule has 1 saturated heterocycles. The second-order valence-electron chi connectivity index (χ2n) is 5.10. The average Bonchev–Trinajstić information content (AvgIpc) is 2.48. The number of nitrogens with two attached hydrogens (primary N) is 1. The van der Waals surface area contributed by atoms with E-state index in [9.17, 15) is 4.79 Å². The van der Waals surface area contributed by atoms with Crippen molar-refractivity contribution in [1.82, 2.24) is 14.9 Å². The van der Waals surface area contributed by atoms with Crippen molar-refractivity contribution in [3.8, 4) is 0 Å². The Labute approximate surface area is 120 Å². The molecular weight excluding hydrogens is 254 g/mol. The fourth-order valence-corrected chi connectivity index (χ4v) is 2.70. The molecule has 1 unspecified atom stereocenters. The van der Waals surface area contributed by atoms with E-state index in [0.717, 1.165) is 38.3 Å². The van der Waals surface area contributed by atoms with Crippen LogP contribution in [0.3, 0.4) is 0 Å².